The van der Waals surface area contributed by atoms with Gasteiger partial charge in [-0.2, -0.15) is 0 Å². The molecule has 0 amide bonds. The number of alkyl halides is 2. The first-order chi connectivity index (χ1) is 10.7. The van der Waals surface area contributed by atoms with E-state index in [0.717, 1.165) is 6.26 Å². The first-order valence-electron chi connectivity index (χ1n) is 6.67. The Morgan fingerprint density at radius 1 is 1.22 bits per heavy atom. The van der Waals surface area contributed by atoms with Crippen molar-refractivity contribution in [2.24, 2.45) is 0 Å². The number of aromatic nitrogens is 1. The second-order valence-electron chi connectivity index (χ2n) is 5.44. The van der Waals surface area contributed by atoms with Crippen LogP contribution in [0.25, 0.3) is 0 Å². The minimum absolute atomic E-state index is 0.0654. The highest BCUT2D eigenvalue weighted by atomic mass is 79.9. The lowest BCUT2D eigenvalue weighted by atomic mass is 10.1. The zero-order valence-electron chi connectivity index (χ0n) is 12.0. The third kappa shape index (κ3) is 3.37. The molecular weight excluding hydrogens is 392 g/mol. The van der Waals surface area contributed by atoms with Gasteiger partial charge in [0.2, 0.25) is 0 Å². The third-order valence-electron chi connectivity index (χ3n) is 3.52. The second kappa shape index (κ2) is 5.52. The Morgan fingerprint density at radius 2 is 1.91 bits per heavy atom. The number of sulfone groups is 1. The standard InChI is InChI=1S/C15H12BrF2NO3S/c1-23(20,21)14-3-2-13(11-5-15(17,18)6-12(11)14)22-10-4-9(16)7-19-8-10/h2-4,7-8H,5-6H2,1H3. The summed E-state index contributed by atoms with van der Waals surface area (Å²) in [5.74, 6) is -2.37. The molecule has 0 bridgehead atoms. The minimum atomic E-state index is -3.58. The summed E-state index contributed by atoms with van der Waals surface area (Å²) in [6.07, 6.45) is 2.89. The molecule has 0 spiro atoms. The Labute approximate surface area is 140 Å². The number of rotatable bonds is 3. The zero-order valence-corrected chi connectivity index (χ0v) is 14.4. The molecule has 0 radical (unpaired) electrons. The van der Waals surface area contributed by atoms with Crippen molar-refractivity contribution in [1.82, 2.24) is 4.98 Å². The molecule has 3 rings (SSSR count). The van der Waals surface area contributed by atoms with Gasteiger partial charge >= 0.3 is 0 Å². The highest BCUT2D eigenvalue weighted by molar-refractivity contribution is 9.10. The van der Waals surface area contributed by atoms with E-state index in [-0.39, 0.29) is 21.8 Å². The first-order valence-corrected chi connectivity index (χ1v) is 9.35. The van der Waals surface area contributed by atoms with E-state index in [1.54, 1.807) is 12.3 Å². The molecule has 4 nitrogen and oxygen atoms in total. The van der Waals surface area contributed by atoms with Gasteiger partial charge in [0.05, 0.1) is 11.1 Å². The summed E-state index contributed by atoms with van der Waals surface area (Å²) in [5, 5.41) is 0. The van der Waals surface area contributed by atoms with E-state index >= 15 is 0 Å². The van der Waals surface area contributed by atoms with Gasteiger partial charge in [-0.3, -0.25) is 4.98 Å². The van der Waals surface area contributed by atoms with Gasteiger partial charge < -0.3 is 4.74 Å². The molecule has 2 aromatic rings. The molecule has 0 saturated heterocycles. The average Bonchev–Trinajstić information content (AvgIpc) is 2.73. The maximum Gasteiger partial charge on any atom is 0.256 e. The summed E-state index contributed by atoms with van der Waals surface area (Å²) < 4.78 is 57.6. The van der Waals surface area contributed by atoms with Crippen LogP contribution in [0.2, 0.25) is 0 Å². The second-order valence-corrected chi connectivity index (χ2v) is 8.34. The topological polar surface area (TPSA) is 56.3 Å². The van der Waals surface area contributed by atoms with Crippen molar-refractivity contribution in [3.05, 3.63) is 46.2 Å². The normalized spacial score (nSPS) is 16.2. The molecule has 0 unspecified atom stereocenters. The Morgan fingerprint density at radius 3 is 2.57 bits per heavy atom. The number of benzene rings is 1. The van der Waals surface area contributed by atoms with E-state index in [0.29, 0.717) is 10.2 Å². The summed E-state index contributed by atoms with van der Waals surface area (Å²) in [6, 6.07) is 4.38. The van der Waals surface area contributed by atoms with E-state index in [9.17, 15) is 17.2 Å². The van der Waals surface area contributed by atoms with Crippen LogP contribution >= 0.6 is 15.9 Å². The summed E-state index contributed by atoms with van der Waals surface area (Å²) in [7, 11) is -3.58. The van der Waals surface area contributed by atoms with Crippen LogP contribution in [0.15, 0.2) is 40.0 Å². The SMILES string of the molecule is CS(=O)(=O)c1ccc(Oc2cncc(Br)c2)c2c1CC(F)(F)C2. The van der Waals surface area contributed by atoms with Crippen molar-refractivity contribution in [2.75, 3.05) is 6.26 Å². The van der Waals surface area contributed by atoms with Crippen molar-refractivity contribution in [2.45, 2.75) is 23.7 Å². The predicted molar refractivity (Wildman–Crippen MR) is 83.9 cm³/mol. The van der Waals surface area contributed by atoms with Crippen molar-refractivity contribution in [1.29, 1.82) is 0 Å². The van der Waals surface area contributed by atoms with Gasteiger partial charge in [-0.05, 0) is 39.7 Å². The van der Waals surface area contributed by atoms with Crippen LogP contribution in [-0.4, -0.2) is 25.6 Å². The van der Waals surface area contributed by atoms with Crippen LogP contribution in [0.4, 0.5) is 8.78 Å². The van der Waals surface area contributed by atoms with E-state index in [1.165, 1.54) is 18.3 Å². The van der Waals surface area contributed by atoms with Crippen molar-refractivity contribution < 1.29 is 21.9 Å². The molecule has 0 fully saturated rings. The fraction of sp³-hybridized carbons (Fsp3) is 0.267. The first kappa shape index (κ1) is 16.3. The number of pyridine rings is 1. The van der Waals surface area contributed by atoms with Gasteiger partial charge in [0.1, 0.15) is 11.5 Å². The molecule has 1 aromatic carbocycles. The van der Waals surface area contributed by atoms with Crippen molar-refractivity contribution in [3.63, 3.8) is 0 Å². The predicted octanol–water partition coefficient (Wildman–Crippen LogP) is 3.77. The highest BCUT2D eigenvalue weighted by Gasteiger charge is 2.41. The molecule has 1 heterocycles. The summed E-state index contributed by atoms with van der Waals surface area (Å²) >= 11 is 3.25. The van der Waals surface area contributed by atoms with Crippen LogP contribution in [0.3, 0.4) is 0 Å². The van der Waals surface area contributed by atoms with Crippen molar-refractivity contribution >= 4 is 25.8 Å². The number of fused-ring (bicyclic) bond motifs is 1. The maximum absolute atomic E-state index is 13.8. The van der Waals surface area contributed by atoms with Crippen LogP contribution in [-0.2, 0) is 22.7 Å². The molecule has 0 aliphatic heterocycles. The van der Waals surface area contributed by atoms with Gasteiger partial charge in [0.15, 0.2) is 9.84 Å². The van der Waals surface area contributed by atoms with E-state index in [1.807, 2.05) is 0 Å². The van der Waals surface area contributed by atoms with E-state index in [2.05, 4.69) is 20.9 Å². The lowest BCUT2D eigenvalue weighted by Gasteiger charge is -2.12. The van der Waals surface area contributed by atoms with Crippen LogP contribution in [0, 0.1) is 0 Å². The molecule has 8 heteroatoms. The largest absolute Gasteiger partial charge is 0.455 e. The molecule has 0 atom stereocenters. The maximum atomic E-state index is 13.8. The molecule has 1 aliphatic rings. The molecule has 122 valence electrons. The number of halogens is 3. The summed E-state index contributed by atoms with van der Waals surface area (Å²) in [4.78, 5) is 3.88. The fourth-order valence-electron chi connectivity index (χ4n) is 2.64. The van der Waals surface area contributed by atoms with Gasteiger partial charge in [0.25, 0.3) is 5.92 Å². The summed E-state index contributed by atoms with van der Waals surface area (Å²) in [5.41, 5.74) is 0.371. The van der Waals surface area contributed by atoms with E-state index < -0.39 is 28.6 Å². The van der Waals surface area contributed by atoms with Crippen LogP contribution in [0.1, 0.15) is 11.1 Å². The number of nitrogens with zero attached hydrogens (tertiary/aromatic N) is 1. The Balaban J connectivity index is 2.09. The Hall–Kier alpha value is -1.54. The van der Waals surface area contributed by atoms with Gasteiger partial charge in [0, 0.05) is 35.3 Å². The molecule has 23 heavy (non-hydrogen) atoms. The van der Waals surface area contributed by atoms with Gasteiger partial charge in [-0.15, -0.1) is 0 Å². The zero-order chi connectivity index (χ0) is 16.8. The lowest BCUT2D eigenvalue weighted by Crippen LogP contribution is -2.15. The van der Waals surface area contributed by atoms with Crippen LogP contribution in [0.5, 0.6) is 11.5 Å². The number of ether oxygens (including phenoxy) is 1. The fourth-order valence-corrected chi connectivity index (χ4v) is 3.94. The number of hydrogen-bond donors (Lipinski definition) is 0. The summed E-state index contributed by atoms with van der Waals surface area (Å²) in [6.45, 7) is 0. The van der Waals surface area contributed by atoms with Gasteiger partial charge in [-0.1, -0.05) is 0 Å². The molecular formula is C15H12BrF2NO3S. The molecule has 1 aliphatic carbocycles. The molecule has 1 aromatic heterocycles. The third-order valence-corrected chi connectivity index (χ3v) is 5.14. The minimum Gasteiger partial charge on any atom is -0.455 e. The number of hydrogen-bond acceptors (Lipinski definition) is 4. The monoisotopic (exact) mass is 403 g/mol. The highest BCUT2D eigenvalue weighted by Crippen LogP contribution is 2.43. The molecule has 0 N–H and O–H groups in total. The van der Waals surface area contributed by atoms with Crippen LogP contribution < -0.4 is 4.74 Å². The average molecular weight is 404 g/mol. The van der Waals surface area contributed by atoms with Crippen molar-refractivity contribution in [3.8, 4) is 11.5 Å². The smallest absolute Gasteiger partial charge is 0.256 e. The lowest BCUT2D eigenvalue weighted by molar-refractivity contribution is 0.0125. The Bertz CT molecular complexity index is 884. The molecule has 0 saturated carbocycles. The van der Waals surface area contributed by atoms with E-state index in [4.69, 9.17) is 4.74 Å². The quantitative estimate of drug-likeness (QED) is 0.782. The Kier molecular flexibility index (Phi) is 3.92. The van der Waals surface area contributed by atoms with Gasteiger partial charge in [-0.25, -0.2) is 17.2 Å².